The Hall–Kier alpha value is -1.02. The lowest BCUT2D eigenvalue weighted by Gasteiger charge is -2.31. The quantitative estimate of drug-likeness (QED) is 0.868. The van der Waals surface area contributed by atoms with E-state index >= 15 is 0 Å². The third-order valence-corrected chi connectivity index (χ3v) is 3.54. The zero-order chi connectivity index (χ0) is 12.3. The Morgan fingerprint density at radius 1 is 1.06 bits per heavy atom. The van der Waals surface area contributed by atoms with Crippen LogP contribution in [-0.4, -0.2) is 11.2 Å². The van der Waals surface area contributed by atoms with Gasteiger partial charge in [-0.2, -0.15) is 0 Å². The van der Waals surface area contributed by atoms with Gasteiger partial charge in [0.05, 0.1) is 12.7 Å². The zero-order valence-electron chi connectivity index (χ0n) is 10.7. The van der Waals surface area contributed by atoms with E-state index in [2.05, 4.69) is 13.8 Å². The van der Waals surface area contributed by atoms with E-state index in [1.807, 2.05) is 24.3 Å². The molecule has 1 aromatic rings. The van der Waals surface area contributed by atoms with E-state index in [9.17, 15) is 0 Å². The van der Waals surface area contributed by atoms with E-state index in [0.29, 0.717) is 6.10 Å². The summed E-state index contributed by atoms with van der Waals surface area (Å²) >= 11 is 0. The first-order valence-corrected chi connectivity index (χ1v) is 6.54. The van der Waals surface area contributed by atoms with Gasteiger partial charge >= 0.3 is 0 Å². The van der Waals surface area contributed by atoms with Crippen LogP contribution in [0.4, 0.5) is 0 Å². The second-order valence-corrected chi connectivity index (χ2v) is 5.46. The molecule has 0 saturated heterocycles. The number of hydrogen-bond donors (Lipinski definition) is 1. The molecular weight excluding hydrogens is 212 g/mol. The minimum absolute atomic E-state index is 0.0950. The molecule has 1 N–H and O–H groups in total. The first-order chi connectivity index (χ1) is 8.17. The van der Waals surface area contributed by atoms with Crippen molar-refractivity contribution < 1.29 is 9.84 Å². The van der Waals surface area contributed by atoms with E-state index in [0.717, 1.165) is 36.0 Å². The Morgan fingerprint density at radius 2 is 1.65 bits per heavy atom. The maximum absolute atomic E-state index is 8.98. The molecule has 1 saturated carbocycles. The van der Waals surface area contributed by atoms with Crippen LogP contribution in [0.5, 0.6) is 5.75 Å². The minimum atomic E-state index is 0.0950. The molecule has 0 heterocycles. The molecule has 0 aliphatic heterocycles. The summed E-state index contributed by atoms with van der Waals surface area (Å²) in [5.41, 5.74) is 0.933. The summed E-state index contributed by atoms with van der Waals surface area (Å²) < 4.78 is 6.01. The highest BCUT2D eigenvalue weighted by Crippen LogP contribution is 2.31. The fourth-order valence-electron chi connectivity index (χ4n) is 2.84. The van der Waals surface area contributed by atoms with Crippen LogP contribution in [0.2, 0.25) is 0 Å². The third-order valence-electron chi connectivity index (χ3n) is 3.54. The molecule has 0 spiro atoms. The van der Waals surface area contributed by atoms with Crippen LogP contribution in [0.25, 0.3) is 0 Å². The molecule has 2 nitrogen and oxygen atoms in total. The molecule has 17 heavy (non-hydrogen) atoms. The predicted octanol–water partition coefficient (Wildman–Crippen LogP) is 3.38. The van der Waals surface area contributed by atoms with Crippen molar-refractivity contribution in [2.75, 3.05) is 0 Å². The molecule has 1 aromatic carbocycles. The van der Waals surface area contributed by atoms with Gasteiger partial charge in [-0.15, -0.1) is 0 Å². The molecule has 94 valence electrons. The van der Waals surface area contributed by atoms with Crippen molar-refractivity contribution in [1.29, 1.82) is 0 Å². The van der Waals surface area contributed by atoms with Gasteiger partial charge in [0.25, 0.3) is 0 Å². The molecule has 2 rings (SSSR count). The Balaban J connectivity index is 1.95. The smallest absolute Gasteiger partial charge is 0.119 e. The normalized spacial score (nSPS) is 29.0. The van der Waals surface area contributed by atoms with Gasteiger partial charge in [0, 0.05) is 0 Å². The van der Waals surface area contributed by atoms with Gasteiger partial charge < -0.3 is 9.84 Å². The number of aliphatic hydroxyl groups excluding tert-OH is 1. The number of ether oxygens (including phenoxy) is 1. The van der Waals surface area contributed by atoms with E-state index in [-0.39, 0.29) is 6.61 Å². The fraction of sp³-hybridized carbons (Fsp3) is 0.600. The maximum Gasteiger partial charge on any atom is 0.119 e. The molecular formula is C15H22O2. The Morgan fingerprint density at radius 3 is 2.18 bits per heavy atom. The second-order valence-electron chi connectivity index (χ2n) is 5.46. The summed E-state index contributed by atoms with van der Waals surface area (Å²) in [5, 5.41) is 8.98. The van der Waals surface area contributed by atoms with Crippen LogP contribution < -0.4 is 4.74 Å². The maximum atomic E-state index is 8.98. The summed E-state index contributed by atoms with van der Waals surface area (Å²) in [6.45, 7) is 4.71. The lowest BCUT2D eigenvalue weighted by atomic mass is 9.82. The first-order valence-electron chi connectivity index (χ1n) is 6.54. The van der Waals surface area contributed by atoms with Gasteiger partial charge in [-0.1, -0.05) is 26.0 Å². The van der Waals surface area contributed by atoms with Gasteiger partial charge in [0.2, 0.25) is 0 Å². The highest BCUT2D eigenvalue weighted by atomic mass is 16.5. The van der Waals surface area contributed by atoms with Gasteiger partial charge in [0.15, 0.2) is 0 Å². The fourth-order valence-corrected chi connectivity index (χ4v) is 2.84. The average Bonchev–Trinajstić information content (AvgIpc) is 2.28. The highest BCUT2D eigenvalue weighted by Gasteiger charge is 2.25. The van der Waals surface area contributed by atoms with Crippen molar-refractivity contribution in [2.24, 2.45) is 11.8 Å². The Bertz CT molecular complexity index is 334. The summed E-state index contributed by atoms with van der Waals surface area (Å²) in [5.74, 6) is 2.45. The number of benzene rings is 1. The highest BCUT2D eigenvalue weighted by molar-refractivity contribution is 5.27. The lowest BCUT2D eigenvalue weighted by molar-refractivity contribution is 0.101. The lowest BCUT2D eigenvalue weighted by Crippen LogP contribution is -2.28. The number of aliphatic hydroxyl groups is 1. The van der Waals surface area contributed by atoms with Crippen LogP contribution in [-0.2, 0) is 6.61 Å². The van der Waals surface area contributed by atoms with Crippen LogP contribution in [0.15, 0.2) is 24.3 Å². The van der Waals surface area contributed by atoms with Gasteiger partial charge in [-0.25, -0.2) is 0 Å². The summed E-state index contributed by atoms with van der Waals surface area (Å²) in [6, 6.07) is 7.75. The largest absolute Gasteiger partial charge is 0.490 e. The molecule has 1 aliphatic carbocycles. The molecule has 2 atom stereocenters. The van der Waals surface area contributed by atoms with E-state index in [1.165, 1.54) is 6.42 Å². The van der Waals surface area contributed by atoms with Crippen LogP contribution in [0.1, 0.15) is 38.7 Å². The number of rotatable bonds is 3. The van der Waals surface area contributed by atoms with Gasteiger partial charge in [0.1, 0.15) is 5.75 Å². The molecule has 2 unspecified atom stereocenters. The number of hydrogen-bond acceptors (Lipinski definition) is 2. The summed E-state index contributed by atoms with van der Waals surface area (Å²) in [7, 11) is 0. The van der Waals surface area contributed by atoms with Crippen LogP contribution in [0, 0.1) is 11.8 Å². The Kier molecular flexibility index (Phi) is 4.06. The van der Waals surface area contributed by atoms with Crippen molar-refractivity contribution >= 4 is 0 Å². The molecule has 0 amide bonds. The molecule has 1 fully saturated rings. The first kappa shape index (κ1) is 12.4. The van der Waals surface area contributed by atoms with Crippen LogP contribution >= 0.6 is 0 Å². The summed E-state index contributed by atoms with van der Waals surface area (Å²) in [6.07, 6.45) is 4.00. The molecule has 0 aromatic heterocycles. The van der Waals surface area contributed by atoms with Gasteiger partial charge in [-0.3, -0.25) is 0 Å². The second kappa shape index (κ2) is 5.54. The Labute approximate surface area is 104 Å². The monoisotopic (exact) mass is 234 g/mol. The van der Waals surface area contributed by atoms with Crippen LogP contribution in [0.3, 0.4) is 0 Å². The van der Waals surface area contributed by atoms with E-state index in [4.69, 9.17) is 9.84 Å². The summed E-state index contributed by atoms with van der Waals surface area (Å²) in [4.78, 5) is 0. The minimum Gasteiger partial charge on any atom is -0.490 e. The van der Waals surface area contributed by atoms with Gasteiger partial charge in [-0.05, 0) is 48.8 Å². The molecule has 0 radical (unpaired) electrons. The van der Waals surface area contributed by atoms with Crippen molar-refractivity contribution in [3.63, 3.8) is 0 Å². The standard InChI is InChI=1S/C15H22O2/c1-11-7-12(2)9-15(8-11)17-14-5-3-13(10-16)4-6-14/h3-6,11-12,15-16H,7-10H2,1-2H3. The molecule has 0 bridgehead atoms. The van der Waals surface area contributed by atoms with Crippen molar-refractivity contribution in [2.45, 2.75) is 45.8 Å². The molecule has 2 heteroatoms. The van der Waals surface area contributed by atoms with E-state index in [1.54, 1.807) is 0 Å². The van der Waals surface area contributed by atoms with E-state index < -0.39 is 0 Å². The zero-order valence-corrected chi connectivity index (χ0v) is 10.7. The average molecular weight is 234 g/mol. The topological polar surface area (TPSA) is 29.5 Å². The van der Waals surface area contributed by atoms with Crippen molar-refractivity contribution in [3.05, 3.63) is 29.8 Å². The molecule has 1 aliphatic rings. The van der Waals surface area contributed by atoms with Crippen molar-refractivity contribution in [1.82, 2.24) is 0 Å². The predicted molar refractivity (Wildman–Crippen MR) is 69.0 cm³/mol. The third kappa shape index (κ3) is 3.47. The van der Waals surface area contributed by atoms with Crippen molar-refractivity contribution in [3.8, 4) is 5.75 Å². The SMILES string of the molecule is CC1CC(C)CC(Oc2ccc(CO)cc2)C1.